The third-order valence-electron chi connectivity index (χ3n) is 2.87. The number of anilines is 1. The fourth-order valence-electron chi connectivity index (χ4n) is 1.94. The fourth-order valence-corrected chi connectivity index (χ4v) is 1.94. The molecule has 1 fully saturated rings. The molecule has 5 heteroatoms. The molecule has 3 N–H and O–H groups in total. The van der Waals surface area contributed by atoms with Crippen molar-refractivity contribution in [3.63, 3.8) is 0 Å². The largest absolute Gasteiger partial charge is 0.372 e. The number of nitrogens with two attached hydrogens (primary N) is 1. The molecule has 0 saturated heterocycles. The van der Waals surface area contributed by atoms with Gasteiger partial charge >= 0.3 is 0 Å². The number of rotatable bonds is 4. The van der Waals surface area contributed by atoms with Crippen LogP contribution in [0.1, 0.15) is 37.8 Å². The summed E-state index contributed by atoms with van der Waals surface area (Å²) in [6.07, 6.45) is 9.97. The summed E-state index contributed by atoms with van der Waals surface area (Å²) < 4.78 is 5.79. The first kappa shape index (κ1) is 11.3. The van der Waals surface area contributed by atoms with Gasteiger partial charge in [0.05, 0.1) is 30.8 Å². The highest BCUT2D eigenvalue weighted by Gasteiger charge is 2.13. The normalized spacial score (nSPS) is 17.3. The summed E-state index contributed by atoms with van der Waals surface area (Å²) >= 11 is 0. The monoisotopic (exact) mass is 222 g/mol. The van der Waals surface area contributed by atoms with E-state index in [9.17, 15) is 0 Å². The van der Waals surface area contributed by atoms with Gasteiger partial charge in [-0.3, -0.25) is 4.98 Å². The van der Waals surface area contributed by atoms with Gasteiger partial charge in [-0.25, -0.2) is 10.8 Å². The maximum Gasteiger partial charge on any atom is 0.158 e. The van der Waals surface area contributed by atoms with E-state index in [4.69, 9.17) is 10.6 Å². The molecule has 0 bridgehead atoms. The average Bonchev–Trinajstić information content (AvgIpc) is 2.38. The van der Waals surface area contributed by atoms with Crippen LogP contribution in [0.5, 0.6) is 0 Å². The highest BCUT2D eigenvalue weighted by Crippen LogP contribution is 2.20. The summed E-state index contributed by atoms with van der Waals surface area (Å²) in [7, 11) is 0. The first-order chi connectivity index (χ1) is 7.88. The van der Waals surface area contributed by atoms with Gasteiger partial charge in [0.2, 0.25) is 0 Å². The minimum absolute atomic E-state index is 0.405. The molecule has 0 aromatic carbocycles. The Morgan fingerprint density at radius 3 is 2.69 bits per heavy atom. The Hall–Kier alpha value is -1.20. The molecule has 1 aliphatic carbocycles. The molecule has 0 spiro atoms. The molecule has 0 unspecified atom stereocenters. The smallest absolute Gasteiger partial charge is 0.158 e. The van der Waals surface area contributed by atoms with Gasteiger partial charge in [0.1, 0.15) is 0 Å². The van der Waals surface area contributed by atoms with Crippen LogP contribution in [-0.2, 0) is 11.3 Å². The summed E-state index contributed by atoms with van der Waals surface area (Å²) in [4.78, 5) is 8.29. The first-order valence-electron chi connectivity index (χ1n) is 5.77. The van der Waals surface area contributed by atoms with Crippen molar-refractivity contribution in [1.29, 1.82) is 0 Å². The molecule has 16 heavy (non-hydrogen) atoms. The third kappa shape index (κ3) is 3.15. The van der Waals surface area contributed by atoms with E-state index in [0.29, 0.717) is 18.5 Å². The fraction of sp³-hybridized carbons (Fsp3) is 0.636. The minimum Gasteiger partial charge on any atom is -0.372 e. The van der Waals surface area contributed by atoms with Crippen molar-refractivity contribution in [3.05, 3.63) is 18.1 Å². The van der Waals surface area contributed by atoms with Crippen LogP contribution in [0.3, 0.4) is 0 Å². The molecule has 0 atom stereocenters. The molecule has 0 radical (unpaired) electrons. The highest BCUT2D eigenvalue weighted by atomic mass is 16.5. The van der Waals surface area contributed by atoms with E-state index in [2.05, 4.69) is 15.4 Å². The van der Waals surface area contributed by atoms with E-state index >= 15 is 0 Å². The summed E-state index contributed by atoms with van der Waals surface area (Å²) in [5.41, 5.74) is 3.30. The molecule has 1 aliphatic rings. The van der Waals surface area contributed by atoms with Gasteiger partial charge in [-0.1, -0.05) is 19.3 Å². The van der Waals surface area contributed by atoms with Crippen molar-refractivity contribution in [3.8, 4) is 0 Å². The van der Waals surface area contributed by atoms with Crippen molar-refractivity contribution in [2.75, 3.05) is 5.43 Å². The number of hydrogen-bond donors (Lipinski definition) is 2. The Balaban J connectivity index is 1.79. The lowest BCUT2D eigenvalue weighted by atomic mass is 9.98. The molecule has 2 rings (SSSR count). The van der Waals surface area contributed by atoms with Crippen LogP contribution >= 0.6 is 0 Å². The summed E-state index contributed by atoms with van der Waals surface area (Å²) in [5, 5.41) is 0. The number of hydrogen-bond acceptors (Lipinski definition) is 5. The molecule has 1 saturated carbocycles. The van der Waals surface area contributed by atoms with Gasteiger partial charge in [0, 0.05) is 0 Å². The van der Waals surface area contributed by atoms with Gasteiger partial charge in [-0.2, -0.15) is 0 Å². The van der Waals surface area contributed by atoms with Crippen LogP contribution < -0.4 is 11.3 Å². The summed E-state index contributed by atoms with van der Waals surface area (Å²) in [5.74, 6) is 5.78. The molecular weight excluding hydrogens is 204 g/mol. The lowest BCUT2D eigenvalue weighted by Gasteiger charge is -2.21. The standard InChI is InChI=1S/C11H18N4O/c12-15-11-7-13-9(6-14-11)8-16-10-4-2-1-3-5-10/h6-7,10H,1-5,8,12H2,(H,14,15). The van der Waals surface area contributed by atoms with Crippen LogP contribution in [0.4, 0.5) is 5.82 Å². The second-order valence-corrected chi connectivity index (χ2v) is 4.11. The van der Waals surface area contributed by atoms with Gasteiger partial charge in [0.15, 0.2) is 5.82 Å². The zero-order valence-electron chi connectivity index (χ0n) is 9.35. The second kappa shape index (κ2) is 5.77. The maximum absolute atomic E-state index is 5.79. The van der Waals surface area contributed by atoms with Crippen LogP contribution in [0.15, 0.2) is 12.4 Å². The lowest BCUT2D eigenvalue weighted by Crippen LogP contribution is -2.17. The SMILES string of the molecule is NNc1cnc(COC2CCCCC2)cn1. The quantitative estimate of drug-likeness (QED) is 0.598. The first-order valence-corrected chi connectivity index (χ1v) is 5.77. The zero-order chi connectivity index (χ0) is 11.2. The highest BCUT2D eigenvalue weighted by molar-refractivity contribution is 5.28. The number of nitrogens with one attached hydrogen (secondary N) is 1. The van der Waals surface area contributed by atoms with Gasteiger partial charge in [-0.15, -0.1) is 0 Å². The van der Waals surface area contributed by atoms with Crippen molar-refractivity contribution < 1.29 is 4.74 Å². The maximum atomic E-state index is 5.79. The van der Waals surface area contributed by atoms with Crippen molar-refractivity contribution in [2.45, 2.75) is 44.8 Å². The molecule has 1 aromatic rings. The molecule has 88 valence electrons. The van der Waals surface area contributed by atoms with Gasteiger partial charge < -0.3 is 10.2 Å². The second-order valence-electron chi connectivity index (χ2n) is 4.11. The topological polar surface area (TPSA) is 73.1 Å². The van der Waals surface area contributed by atoms with E-state index < -0.39 is 0 Å². The van der Waals surface area contributed by atoms with E-state index in [1.165, 1.54) is 32.1 Å². The van der Waals surface area contributed by atoms with Crippen LogP contribution in [0.2, 0.25) is 0 Å². The molecule has 0 amide bonds. The zero-order valence-corrected chi connectivity index (χ0v) is 9.35. The van der Waals surface area contributed by atoms with Crippen molar-refractivity contribution in [2.24, 2.45) is 5.84 Å². The Morgan fingerprint density at radius 1 is 1.25 bits per heavy atom. The Morgan fingerprint density at radius 2 is 2.06 bits per heavy atom. The predicted molar refractivity (Wildman–Crippen MR) is 61.5 cm³/mol. The number of nitrogen functional groups attached to an aromatic ring is 1. The predicted octanol–water partition coefficient (Wildman–Crippen LogP) is 1.61. The lowest BCUT2D eigenvalue weighted by molar-refractivity contribution is 0.0151. The van der Waals surface area contributed by atoms with Gasteiger partial charge in [-0.05, 0) is 12.8 Å². The van der Waals surface area contributed by atoms with Crippen LogP contribution in [0, 0.1) is 0 Å². The van der Waals surface area contributed by atoms with E-state index in [0.717, 1.165) is 5.69 Å². The van der Waals surface area contributed by atoms with Crippen molar-refractivity contribution >= 4 is 5.82 Å². The Labute approximate surface area is 95.4 Å². The van der Waals surface area contributed by atoms with Crippen molar-refractivity contribution in [1.82, 2.24) is 9.97 Å². The number of aromatic nitrogens is 2. The molecule has 1 aromatic heterocycles. The number of hydrazine groups is 1. The van der Waals surface area contributed by atoms with E-state index in [1.54, 1.807) is 12.4 Å². The Kier molecular flexibility index (Phi) is 4.07. The summed E-state index contributed by atoms with van der Waals surface area (Å²) in [6.45, 7) is 0.544. The minimum atomic E-state index is 0.405. The molecule has 0 aliphatic heterocycles. The molecule has 1 heterocycles. The summed E-state index contributed by atoms with van der Waals surface area (Å²) in [6, 6.07) is 0. The van der Waals surface area contributed by atoms with Crippen LogP contribution in [-0.4, -0.2) is 16.1 Å². The average molecular weight is 222 g/mol. The molecular formula is C11H18N4O. The Bertz CT molecular complexity index is 308. The van der Waals surface area contributed by atoms with E-state index in [-0.39, 0.29) is 0 Å². The van der Waals surface area contributed by atoms with Gasteiger partial charge in [0.25, 0.3) is 0 Å². The third-order valence-corrected chi connectivity index (χ3v) is 2.87. The number of ether oxygens (including phenoxy) is 1. The number of nitrogens with zero attached hydrogens (tertiary/aromatic N) is 2. The molecule has 5 nitrogen and oxygen atoms in total. The van der Waals surface area contributed by atoms with Crippen LogP contribution in [0.25, 0.3) is 0 Å². The van der Waals surface area contributed by atoms with E-state index in [1.807, 2.05) is 0 Å².